The third kappa shape index (κ3) is 8.83. The van der Waals surface area contributed by atoms with Crippen LogP contribution in [0.25, 0.3) is 0 Å². The molecular formula is CaClOZr+3. The first-order valence-corrected chi connectivity index (χ1v) is 0. The van der Waals surface area contributed by atoms with E-state index in [1.54, 1.807) is 0 Å². The molecule has 0 aromatic rings. The van der Waals surface area contributed by atoms with E-state index in [1.165, 1.54) is 0 Å². The Morgan fingerprint density at radius 3 is 1.00 bits per heavy atom. The van der Waals surface area contributed by atoms with Crippen molar-refractivity contribution in [3.05, 3.63) is 0 Å². The van der Waals surface area contributed by atoms with Gasteiger partial charge < -0.3 is 17.9 Å². The van der Waals surface area contributed by atoms with E-state index in [0.29, 0.717) is 0 Å². The summed E-state index contributed by atoms with van der Waals surface area (Å²) >= 11 is 0. The van der Waals surface area contributed by atoms with Crippen molar-refractivity contribution in [1.29, 1.82) is 0 Å². The molecule has 16 valence electrons. The minimum atomic E-state index is 0. The quantitative estimate of drug-likeness (QED) is 0.348. The second-order valence-electron chi connectivity index (χ2n) is 0. The SMILES string of the molecule is [Ca+2].[Cl-].[O-2].[Zr+4]. The first-order valence-electron chi connectivity index (χ1n) is 0. The topological polar surface area (TPSA) is 28.5 Å². The van der Waals surface area contributed by atoms with Crippen LogP contribution in [0.2, 0.25) is 0 Å². The molecule has 0 aromatic carbocycles. The molecule has 0 spiro atoms. The van der Waals surface area contributed by atoms with Crippen LogP contribution in [0.4, 0.5) is 0 Å². The fraction of sp³-hybridized carbons (Fsp3) is 0. The smallest absolute Gasteiger partial charge is 2.00 e. The molecule has 0 saturated heterocycles. The van der Waals surface area contributed by atoms with Gasteiger partial charge in [-0.15, -0.1) is 0 Å². The van der Waals surface area contributed by atoms with E-state index in [0.717, 1.165) is 0 Å². The number of halogens is 1. The van der Waals surface area contributed by atoms with E-state index in [4.69, 9.17) is 0 Å². The Kier molecular flexibility index (Phi) is 148. The van der Waals surface area contributed by atoms with E-state index >= 15 is 0 Å². The second kappa shape index (κ2) is 18.2. The van der Waals surface area contributed by atoms with Gasteiger partial charge in [0.05, 0.1) is 0 Å². The van der Waals surface area contributed by atoms with E-state index in [-0.39, 0.29) is 81.8 Å². The number of hydrogen-bond acceptors (Lipinski definition) is 0. The van der Waals surface area contributed by atoms with Crippen LogP contribution in [0.1, 0.15) is 0 Å². The normalized spacial score (nSPS) is 0. The van der Waals surface area contributed by atoms with Crippen LogP contribution in [0.3, 0.4) is 0 Å². The maximum atomic E-state index is 0. The van der Waals surface area contributed by atoms with Crippen LogP contribution in [0, 0.1) is 0 Å². The minimum Gasteiger partial charge on any atom is -2.00 e. The van der Waals surface area contributed by atoms with E-state index in [9.17, 15) is 0 Å². The van der Waals surface area contributed by atoms with Gasteiger partial charge in [0.15, 0.2) is 0 Å². The molecule has 4 heavy (non-hydrogen) atoms. The number of rotatable bonds is 0. The van der Waals surface area contributed by atoms with Crippen molar-refractivity contribution in [2.45, 2.75) is 0 Å². The Morgan fingerprint density at radius 1 is 1.00 bits per heavy atom. The molecule has 0 N–H and O–H groups in total. The standard InChI is InChI=1S/Ca.ClH.O.Zr/h;1H;;/q+2;;-2;+4/p-1. The van der Waals surface area contributed by atoms with Crippen LogP contribution in [-0.4, -0.2) is 37.7 Å². The van der Waals surface area contributed by atoms with Gasteiger partial charge >= 0.3 is 63.9 Å². The Labute approximate surface area is 80.4 Å². The number of hydrogen-bond donors (Lipinski definition) is 0. The minimum absolute atomic E-state index is 0. The van der Waals surface area contributed by atoms with Crippen LogP contribution in [0.15, 0.2) is 0 Å². The average molecular weight is 183 g/mol. The molecule has 0 amide bonds. The van der Waals surface area contributed by atoms with Gasteiger partial charge in [0.2, 0.25) is 0 Å². The van der Waals surface area contributed by atoms with Crippen molar-refractivity contribution < 1.29 is 44.1 Å². The van der Waals surface area contributed by atoms with Crippen molar-refractivity contribution in [1.82, 2.24) is 0 Å². The summed E-state index contributed by atoms with van der Waals surface area (Å²) in [7, 11) is 0. The van der Waals surface area contributed by atoms with Crippen molar-refractivity contribution in [2.24, 2.45) is 0 Å². The van der Waals surface area contributed by atoms with Gasteiger partial charge in [0.25, 0.3) is 0 Å². The summed E-state index contributed by atoms with van der Waals surface area (Å²) in [5.74, 6) is 0. The molecule has 0 rings (SSSR count). The zero-order valence-electron chi connectivity index (χ0n) is 1.99. The maximum Gasteiger partial charge on any atom is 4.00 e. The van der Waals surface area contributed by atoms with Gasteiger partial charge in [-0.2, -0.15) is 0 Å². The Hall–Kier alpha value is 2.39. The summed E-state index contributed by atoms with van der Waals surface area (Å²) in [4.78, 5) is 0. The summed E-state index contributed by atoms with van der Waals surface area (Å²) in [5.41, 5.74) is 0. The second-order valence-corrected chi connectivity index (χ2v) is 0. The summed E-state index contributed by atoms with van der Waals surface area (Å²) < 4.78 is 0. The molecule has 0 bridgehead atoms. The van der Waals surface area contributed by atoms with Crippen LogP contribution < -0.4 is 12.4 Å². The van der Waals surface area contributed by atoms with Gasteiger partial charge in [-0.25, -0.2) is 0 Å². The largest absolute Gasteiger partial charge is 4.00 e. The summed E-state index contributed by atoms with van der Waals surface area (Å²) in [5, 5.41) is 0. The Morgan fingerprint density at radius 2 is 1.00 bits per heavy atom. The molecule has 0 saturated carbocycles. The zero-order chi connectivity index (χ0) is 0. The monoisotopic (exact) mass is 181 g/mol. The van der Waals surface area contributed by atoms with Crippen LogP contribution in [0.5, 0.6) is 0 Å². The molecule has 0 radical (unpaired) electrons. The first kappa shape index (κ1) is 32.5. The first-order chi connectivity index (χ1) is 0. The summed E-state index contributed by atoms with van der Waals surface area (Å²) in [6.07, 6.45) is 0. The molecular weight excluding hydrogens is 183 g/mol. The third-order valence-corrected chi connectivity index (χ3v) is 0. The molecule has 0 aliphatic carbocycles. The van der Waals surface area contributed by atoms with Crippen molar-refractivity contribution in [3.8, 4) is 0 Å². The third-order valence-electron chi connectivity index (χ3n) is 0. The molecule has 0 unspecified atom stereocenters. The van der Waals surface area contributed by atoms with Crippen LogP contribution in [-0.2, 0) is 31.7 Å². The van der Waals surface area contributed by atoms with Gasteiger partial charge in [-0.05, 0) is 0 Å². The predicted octanol–water partition coefficient (Wildman–Crippen LogP) is -3.50. The van der Waals surface area contributed by atoms with E-state index in [1.807, 2.05) is 0 Å². The summed E-state index contributed by atoms with van der Waals surface area (Å²) in [6, 6.07) is 0. The predicted molar refractivity (Wildman–Crippen MR) is 6.44 cm³/mol. The molecule has 1 nitrogen and oxygen atoms in total. The molecule has 4 heteroatoms. The van der Waals surface area contributed by atoms with E-state index < -0.39 is 0 Å². The zero-order valence-corrected chi connectivity index (χ0v) is 7.42. The fourth-order valence-electron chi connectivity index (χ4n) is 0. The molecule has 0 aliphatic heterocycles. The Bertz CT molecular complexity index is 8.00. The van der Waals surface area contributed by atoms with Crippen molar-refractivity contribution in [3.63, 3.8) is 0 Å². The van der Waals surface area contributed by atoms with Crippen molar-refractivity contribution in [2.75, 3.05) is 0 Å². The molecule has 0 heterocycles. The molecule has 0 atom stereocenters. The molecule has 0 aromatic heterocycles. The van der Waals surface area contributed by atoms with E-state index in [2.05, 4.69) is 0 Å². The van der Waals surface area contributed by atoms with Gasteiger partial charge in [-0.3, -0.25) is 0 Å². The summed E-state index contributed by atoms with van der Waals surface area (Å²) in [6.45, 7) is 0. The molecule has 0 fully saturated rings. The van der Waals surface area contributed by atoms with Crippen LogP contribution >= 0.6 is 0 Å². The van der Waals surface area contributed by atoms with Gasteiger partial charge in [0, 0.05) is 0 Å². The van der Waals surface area contributed by atoms with Crippen molar-refractivity contribution >= 4 is 37.7 Å². The van der Waals surface area contributed by atoms with Gasteiger partial charge in [0.1, 0.15) is 0 Å². The Balaban J connectivity index is 0. The molecule has 0 aliphatic rings. The average Bonchev–Trinajstić information content (AvgIpc) is 0. The fourth-order valence-corrected chi connectivity index (χ4v) is 0. The maximum absolute atomic E-state index is 0. The van der Waals surface area contributed by atoms with Gasteiger partial charge in [-0.1, -0.05) is 0 Å².